The highest BCUT2D eigenvalue weighted by molar-refractivity contribution is 7.99. The molecule has 1 nitrogen and oxygen atoms in total. The average Bonchev–Trinajstić information content (AvgIpc) is 2.73. The van der Waals surface area contributed by atoms with Gasteiger partial charge in [-0.15, -0.1) is 0 Å². The molecule has 0 radical (unpaired) electrons. The van der Waals surface area contributed by atoms with E-state index in [2.05, 4.69) is 39.3 Å². The molecule has 2 rings (SSSR count). The van der Waals surface area contributed by atoms with Gasteiger partial charge in [-0.3, -0.25) is 0 Å². The molecule has 2 aliphatic rings. The van der Waals surface area contributed by atoms with Crippen molar-refractivity contribution in [3.63, 3.8) is 0 Å². The van der Waals surface area contributed by atoms with Crippen molar-refractivity contribution in [2.45, 2.75) is 64.7 Å². The third-order valence-electron chi connectivity index (χ3n) is 5.57. The summed E-state index contributed by atoms with van der Waals surface area (Å²) in [6, 6.07) is 0.739. The van der Waals surface area contributed by atoms with Gasteiger partial charge < -0.3 is 5.32 Å². The van der Waals surface area contributed by atoms with Crippen molar-refractivity contribution < 1.29 is 0 Å². The first kappa shape index (κ1) is 13.7. The number of hydrogen-bond acceptors (Lipinski definition) is 2. The Morgan fingerprint density at radius 3 is 2.59 bits per heavy atom. The van der Waals surface area contributed by atoms with E-state index in [1.807, 2.05) is 11.8 Å². The zero-order valence-corrected chi connectivity index (χ0v) is 13.0. The van der Waals surface area contributed by atoms with Crippen molar-refractivity contribution in [2.24, 2.45) is 16.7 Å². The number of nitrogens with one attached hydrogen (secondary N) is 1. The van der Waals surface area contributed by atoms with Crippen molar-refractivity contribution in [3.05, 3.63) is 0 Å². The Hall–Kier alpha value is 0.310. The van der Waals surface area contributed by atoms with Crippen LogP contribution in [0.1, 0.15) is 53.4 Å². The van der Waals surface area contributed by atoms with Crippen molar-refractivity contribution in [3.8, 4) is 0 Å². The summed E-state index contributed by atoms with van der Waals surface area (Å²) in [5.41, 5.74) is 1.09. The van der Waals surface area contributed by atoms with Gasteiger partial charge in [-0.25, -0.2) is 0 Å². The molecule has 0 spiro atoms. The summed E-state index contributed by atoms with van der Waals surface area (Å²) in [6.07, 6.45) is 7.87. The van der Waals surface area contributed by atoms with Gasteiger partial charge in [0.2, 0.25) is 0 Å². The lowest BCUT2D eigenvalue weighted by Crippen LogP contribution is -2.50. The molecule has 0 aromatic carbocycles. The van der Waals surface area contributed by atoms with Gasteiger partial charge in [0, 0.05) is 11.3 Å². The first-order valence-corrected chi connectivity index (χ1v) is 8.45. The predicted octanol–water partition coefficient (Wildman–Crippen LogP) is 3.93. The lowest BCUT2D eigenvalue weighted by molar-refractivity contribution is 0.109. The van der Waals surface area contributed by atoms with E-state index in [-0.39, 0.29) is 0 Å². The van der Waals surface area contributed by atoms with Crippen LogP contribution in [-0.4, -0.2) is 24.1 Å². The summed E-state index contributed by atoms with van der Waals surface area (Å²) in [4.78, 5) is 0. The molecule has 0 aliphatic heterocycles. The molecule has 0 saturated heterocycles. The average molecular weight is 255 g/mol. The zero-order chi connectivity index (χ0) is 12.7. The van der Waals surface area contributed by atoms with Gasteiger partial charge >= 0.3 is 0 Å². The first-order chi connectivity index (χ1) is 7.90. The Morgan fingerprint density at radius 1 is 1.35 bits per heavy atom. The summed E-state index contributed by atoms with van der Waals surface area (Å²) in [5, 5.41) is 4.68. The SMILES string of the molecule is CSC(C)CCNC1C2(C)CCC(C2)C1(C)C. The molecule has 0 aromatic rings. The van der Waals surface area contributed by atoms with Gasteiger partial charge in [0.15, 0.2) is 0 Å². The minimum atomic E-state index is 0.510. The predicted molar refractivity (Wildman–Crippen MR) is 78.6 cm³/mol. The Bertz CT molecular complexity index is 271. The fourth-order valence-electron chi connectivity index (χ4n) is 4.36. The minimum Gasteiger partial charge on any atom is -0.313 e. The number of thioether (sulfide) groups is 1. The van der Waals surface area contributed by atoms with Crippen LogP contribution in [0.5, 0.6) is 0 Å². The van der Waals surface area contributed by atoms with E-state index in [4.69, 9.17) is 0 Å². The maximum Gasteiger partial charge on any atom is 0.0175 e. The quantitative estimate of drug-likeness (QED) is 0.799. The topological polar surface area (TPSA) is 12.0 Å². The lowest BCUT2D eigenvalue weighted by atomic mass is 9.68. The van der Waals surface area contributed by atoms with Gasteiger partial charge in [-0.1, -0.05) is 27.7 Å². The summed E-state index contributed by atoms with van der Waals surface area (Å²) in [5.74, 6) is 0.961. The van der Waals surface area contributed by atoms with Crippen LogP contribution in [0.15, 0.2) is 0 Å². The molecule has 2 saturated carbocycles. The molecule has 4 atom stereocenters. The molecular weight excluding hydrogens is 226 g/mol. The van der Waals surface area contributed by atoms with E-state index in [0.29, 0.717) is 10.8 Å². The van der Waals surface area contributed by atoms with Gasteiger partial charge in [-0.05, 0) is 55.2 Å². The summed E-state index contributed by atoms with van der Waals surface area (Å²) >= 11 is 1.98. The molecule has 2 fully saturated rings. The van der Waals surface area contributed by atoms with Gasteiger partial charge in [0.05, 0.1) is 0 Å². The first-order valence-electron chi connectivity index (χ1n) is 7.16. The summed E-state index contributed by atoms with van der Waals surface area (Å²) < 4.78 is 0. The smallest absolute Gasteiger partial charge is 0.0175 e. The molecule has 4 unspecified atom stereocenters. The van der Waals surface area contributed by atoms with Crippen LogP contribution in [0.4, 0.5) is 0 Å². The van der Waals surface area contributed by atoms with E-state index < -0.39 is 0 Å². The highest BCUT2D eigenvalue weighted by Crippen LogP contribution is 2.62. The lowest BCUT2D eigenvalue weighted by Gasteiger charge is -2.43. The molecule has 2 bridgehead atoms. The number of fused-ring (bicyclic) bond motifs is 2. The number of rotatable bonds is 5. The second-order valence-electron chi connectivity index (χ2n) is 7.14. The summed E-state index contributed by atoms with van der Waals surface area (Å²) in [6.45, 7) is 11.0. The molecular formula is C15H29NS. The molecule has 1 N–H and O–H groups in total. The molecule has 0 aromatic heterocycles. The molecule has 2 heteroatoms. The Labute approximate surface area is 112 Å². The normalized spacial score (nSPS) is 40.8. The van der Waals surface area contributed by atoms with Crippen LogP contribution in [0.2, 0.25) is 0 Å². The molecule has 2 aliphatic carbocycles. The fraction of sp³-hybridized carbons (Fsp3) is 1.00. The fourth-order valence-corrected chi connectivity index (χ4v) is 4.71. The van der Waals surface area contributed by atoms with Crippen molar-refractivity contribution in [2.75, 3.05) is 12.8 Å². The van der Waals surface area contributed by atoms with Gasteiger partial charge in [0.25, 0.3) is 0 Å². The molecule has 100 valence electrons. The monoisotopic (exact) mass is 255 g/mol. The van der Waals surface area contributed by atoms with Crippen LogP contribution >= 0.6 is 11.8 Å². The number of hydrogen-bond donors (Lipinski definition) is 1. The highest BCUT2D eigenvalue weighted by Gasteiger charge is 2.58. The summed E-state index contributed by atoms with van der Waals surface area (Å²) in [7, 11) is 0. The van der Waals surface area contributed by atoms with E-state index in [9.17, 15) is 0 Å². The Morgan fingerprint density at radius 2 is 2.06 bits per heavy atom. The van der Waals surface area contributed by atoms with Gasteiger partial charge in [0.1, 0.15) is 0 Å². The standard InChI is InChI=1S/C15H29NS/c1-11(17-5)7-9-16-13-14(2,3)12-6-8-15(13,4)10-12/h11-13,16H,6-10H2,1-5H3. The zero-order valence-electron chi connectivity index (χ0n) is 12.2. The van der Waals surface area contributed by atoms with Crippen LogP contribution < -0.4 is 5.32 Å². The van der Waals surface area contributed by atoms with Crippen LogP contribution in [0, 0.1) is 16.7 Å². The third-order valence-corrected chi connectivity index (χ3v) is 6.61. The Kier molecular flexibility index (Phi) is 3.85. The maximum atomic E-state index is 3.90. The van der Waals surface area contributed by atoms with E-state index in [1.54, 1.807) is 0 Å². The minimum absolute atomic E-state index is 0.510. The van der Waals surface area contributed by atoms with E-state index in [0.717, 1.165) is 17.2 Å². The van der Waals surface area contributed by atoms with Crippen molar-refractivity contribution in [1.82, 2.24) is 5.32 Å². The Balaban J connectivity index is 1.91. The van der Waals surface area contributed by atoms with Crippen molar-refractivity contribution in [1.29, 1.82) is 0 Å². The molecule has 0 amide bonds. The highest BCUT2D eigenvalue weighted by atomic mass is 32.2. The third kappa shape index (κ3) is 2.40. The molecule has 17 heavy (non-hydrogen) atoms. The van der Waals surface area contributed by atoms with Gasteiger partial charge in [-0.2, -0.15) is 11.8 Å². The van der Waals surface area contributed by atoms with Crippen LogP contribution in [0.25, 0.3) is 0 Å². The van der Waals surface area contributed by atoms with Crippen LogP contribution in [-0.2, 0) is 0 Å². The maximum absolute atomic E-state index is 3.90. The van der Waals surface area contributed by atoms with E-state index in [1.165, 1.54) is 32.2 Å². The molecule has 0 heterocycles. The van der Waals surface area contributed by atoms with Crippen LogP contribution in [0.3, 0.4) is 0 Å². The van der Waals surface area contributed by atoms with E-state index >= 15 is 0 Å². The second-order valence-corrected chi connectivity index (χ2v) is 8.41. The largest absolute Gasteiger partial charge is 0.313 e. The van der Waals surface area contributed by atoms with Crippen molar-refractivity contribution >= 4 is 11.8 Å². The second kappa shape index (κ2) is 4.77.